The second-order valence-corrected chi connectivity index (χ2v) is 5.63. The first-order chi connectivity index (χ1) is 11.4. The van der Waals surface area contributed by atoms with E-state index < -0.39 is 0 Å². The lowest BCUT2D eigenvalue weighted by Gasteiger charge is -2.24. The van der Waals surface area contributed by atoms with Gasteiger partial charge in [-0.15, -0.1) is 5.10 Å². The van der Waals surface area contributed by atoms with Crippen LogP contribution >= 0.6 is 0 Å². The third-order valence-corrected chi connectivity index (χ3v) is 4.00. The van der Waals surface area contributed by atoms with Crippen LogP contribution in [0.15, 0.2) is 53.3 Å². The van der Waals surface area contributed by atoms with Crippen molar-refractivity contribution < 1.29 is 9.15 Å². The number of fused-ring (bicyclic) bond motifs is 1. The fraction of sp³-hybridized carbons (Fsp3) is 0.294. The Kier molecular flexibility index (Phi) is 3.92. The van der Waals surface area contributed by atoms with Crippen LogP contribution in [-0.2, 0) is 24.4 Å². The van der Waals surface area contributed by atoms with Gasteiger partial charge in [-0.2, -0.15) is 0 Å². The van der Waals surface area contributed by atoms with Crippen molar-refractivity contribution in [1.82, 2.24) is 20.3 Å². The van der Waals surface area contributed by atoms with E-state index in [0.29, 0.717) is 13.2 Å². The van der Waals surface area contributed by atoms with Gasteiger partial charge in [-0.25, -0.2) is 4.68 Å². The van der Waals surface area contributed by atoms with E-state index in [0.717, 1.165) is 35.6 Å². The minimum atomic E-state index is 0.0970. The zero-order valence-electron chi connectivity index (χ0n) is 12.7. The lowest BCUT2D eigenvalue weighted by Crippen LogP contribution is -2.36. The number of benzene rings is 1. The van der Waals surface area contributed by atoms with Gasteiger partial charge in [0.1, 0.15) is 5.69 Å². The molecule has 3 aromatic rings. The molecule has 4 rings (SSSR count). The van der Waals surface area contributed by atoms with Gasteiger partial charge in [0.2, 0.25) is 0 Å². The molecule has 1 aliphatic heterocycles. The van der Waals surface area contributed by atoms with Crippen LogP contribution in [0.2, 0.25) is 0 Å². The number of nitrogens with zero attached hydrogens (tertiary/aromatic N) is 3. The van der Waals surface area contributed by atoms with Crippen LogP contribution in [-0.4, -0.2) is 27.6 Å². The SMILES string of the molecule is c1ccc(-c2nnn3c2CO[C@@H](CNCc2ccoc2)C3)cc1. The number of nitrogens with one attached hydrogen (secondary N) is 1. The molecule has 6 heteroatoms. The average Bonchev–Trinajstić information content (AvgIpc) is 3.25. The van der Waals surface area contributed by atoms with E-state index in [2.05, 4.69) is 15.6 Å². The Balaban J connectivity index is 1.39. The Morgan fingerprint density at radius 1 is 1.22 bits per heavy atom. The summed E-state index contributed by atoms with van der Waals surface area (Å²) in [6, 6.07) is 12.1. The van der Waals surface area contributed by atoms with E-state index in [4.69, 9.17) is 9.15 Å². The van der Waals surface area contributed by atoms with Gasteiger partial charge in [0, 0.05) is 24.2 Å². The Hall–Kier alpha value is -2.44. The van der Waals surface area contributed by atoms with Gasteiger partial charge >= 0.3 is 0 Å². The molecule has 3 heterocycles. The molecule has 2 aromatic heterocycles. The highest BCUT2D eigenvalue weighted by Crippen LogP contribution is 2.24. The third-order valence-electron chi connectivity index (χ3n) is 4.00. The molecule has 0 spiro atoms. The average molecular weight is 310 g/mol. The minimum Gasteiger partial charge on any atom is -0.472 e. The maximum absolute atomic E-state index is 5.96. The standard InChI is InChI=1S/C17H18N4O2/c1-2-4-14(5-3-1)17-16-12-23-15(10-21(16)20-19-17)9-18-8-13-6-7-22-11-13/h1-7,11,15,18H,8-10,12H2/t15-/m0/s1. The van der Waals surface area contributed by atoms with Crippen molar-refractivity contribution in [2.24, 2.45) is 0 Å². The molecule has 0 saturated carbocycles. The van der Waals surface area contributed by atoms with Crippen molar-refractivity contribution in [3.63, 3.8) is 0 Å². The second kappa shape index (κ2) is 6.36. The Bertz CT molecular complexity index is 752. The first kappa shape index (κ1) is 14.2. The minimum absolute atomic E-state index is 0.0970. The summed E-state index contributed by atoms with van der Waals surface area (Å²) in [5.41, 5.74) is 4.17. The quantitative estimate of drug-likeness (QED) is 0.783. The summed E-state index contributed by atoms with van der Waals surface area (Å²) in [6.07, 6.45) is 3.52. The zero-order valence-corrected chi connectivity index (χ0v) is 12.7. The highest BCUT2D eigenvalue weighted by molar-refractivity contribution is 5.61. The summed E-state index contributed by atoms with van der Waals surface area (Å²) in [5, 5.41) is 12.0. The number of ether oxygens (including phenoxy) is 1. The number of hydrogen-bond donors (Lipinski definition) is 1. The summed E-state index contributed by atoms with van der Waals surface area (Å²) >= 11 is 0. The first-order valence-corrected chi connectivity index (χ1v) is 7.71. The van der Waals surface area contributed by atoms with Crippen LogP contribution in [0.25, 0.3) is 11.3 Å². The zero-order chi connectivity index (χ0) is 15.5. The maximum Gasteiger partial charge on any atom is 0.118 e. The fourth-order valence-corrected chi connectivity index (χ4v) is 2.78. The van der Waals surface area contributed by atoms with Crippen molar-refractivity contribution in [3.05, 3.63) is 60.2 Å². The molecule has 1 atom stereocenters. The van der Waals surface area contributed by atoms with E-state index in [9.17, 15) is 0 Å². The molecule has 0 radical (unpaired) electrons. The van der Waals surface area contributed by atoms with Crippen LogP contribution < -0.4 is 5.32 Å². The lowest BCUT2D eigenvalue weighted by atomic mass is 10.1. The predicted octanol–water partition coefficient (Wildman–Crippen LogP) is 2.23. The lowest BCUT2D eigenvalue weighted by molar-refractivity contribution is 0.00125. The Morgan fingerprint density at radius 3 is 2.96 bits per heavy atom. The molecule has 0 unspecified atom stereocenters. The molecule has 0 saturated heterocycles. The molecule has 0 aliphatic carbocycles. The third kappa shape index (κ3) is 3.04. The van der Waals surface area contributed by atoms with Gasteiger partial charge < -0.3 is 14.5 Å². The van der Waals surface area contributed by atoms with Crippen LogP contribution in [0.3, 0.4) is 0 Å². The number of hydrogen-bond acceptors (Lipinski definition) is 5. The highest BCUT2D eigenvalue weighted by Gasteiger charge is 2.24. The first-order valence-electron chi connectivity index (χ1n) is 7.71. The molecule has 118 valence electrons. The Labute approximate surface area is 134 Å². The van der Waals surface area contributed by atoms with Crippen molar-refractivity contribution in [2.75, 3.05) is 6.54 Å². The van der Waals surface area contributed by atoms with Crippen LogP contribution in [0.4, 0.5) is 0 Å². The van der Waals surface area contributed by atoms with E-state index in [1.54, 1.807) is 12.5 Å². The summed E-state index contributed by atoms with van der Waals surface area (Å²) in [7, 11) is 0. The monoisotopic (exact) mass is 310 g/mol. The van der Waals surface area contributed by atoms with Gasteiger partial charge in [0.05, 0.1) is 37.5 Å². The van der Waals surface area contributed by atoms with Gasteiger partial charge in [-0.1, -0.05) is 35.5 Å². The van der Waals surface area contributed by atoms with E-state index in [-0.39, 0.29) is 6.10 Å². The topological polar surface area (TPSA) is 65.1 Å². The smallest absolute Gasteiger partial charge is 0.118 e. The highest BCUT2D eigenvalue weighted by atomic mass is 16.5. The normalized spacial score (nSPS) is 17.1. The van der Waals surface area contributed by atoms with Gasteiger partial charge in [0.25, 0.3) is 0 Å². The largest absolute Gasteiger partial charge is 0.472 e. The maximum atomic E-state index is 5.96. The van der Waals surface area contributed by atoms with Gasteiger partial charge in [-0.3, -0.25) is 0 Å². The van der Waals surface area contributed by atoms with Crippen LogP contribution in [0, 0.1) is 0 Å². The van der Waals surface area contributed by atoms with Crippen LogP contribution in [0.5, 0.6) is 0 Å². The molecule has 1 aromatic carbocycles. The molecular weight excluding hydrogens is 292 g/mol. The number of rotatable bonds is 5. The molecule has 0 fully saturated rings. The molecular formula is C17H18N4O2. The molecule has 6 nitrogen and oxygen atoms in total. The molecule has 1 aliphatic rings. The van der Waals surface area contributed by atoms with E-state index in [1.165, 1.54) is 0 Å². The summed E-state index contributed by atoms with van der Waals surface area (Å²) < 4.78 is 13.0. The van der Waals surface area contributed by atoms with E-state index >= 15 is 0 Å². The molecule has 0 bridgehead atoms. The predicted molar refractivity (Wildman–Crippen MR) is 84.4 cm³/mol. The van der Waals surface area contributed by atoms with Crippen molar-refractivity contribution in [2.45, 2.75) is 25.8 Å². The van der Waals surface area contributed by atoms with Crippen molar-refractivity contribution in [1.29, 1.82) is 0 Å². The van der Waals surface area contributed by atoms with Crippen molar-refractivity contribution >= 4 is 0 Å². The summed E-state index contributed by atoms with van der Waals surface area (Å²) in [6.45, 7) is 2.80. The molecule has 23 heavy (non-hydrogen) atoms. The van der Waals surface area contributed by atoms with Crippen LogP contribution in [0.1, 0.15) is 11.3 Å². The summed E-state index contributed by atoms with van der Waals surface area (Å²) in [5.74, 6) is 0. The molecule has 0 amide bonds. The van der Waals surface area contributed by atoms with E-state index in [1.807, 2.05) is 41.1 Å². The van der Waals surface area contributed by atoms with Gasteiger partial charge in [-0.05, 0) is 6.07 Å². The second-order valence-electron chi connectivity index (χ2n) is 5.63. The number of furan rings is 1. The van der Waals surface area contributed by atoms with Gasteiger partial charge in [0.15, 0.2) is 0 Å². The molecule has 1 N–H and O–H groups in total. The Morgan fingerprint density at radius 2 is 2.13 bits per heavy atom. The number of aromatic nitrogens is 3. The van der Waals surface area contributed by atoms with Crippen molar-refractivity contribution in [3.8, 4) is 11.3 Å². The summed E-state index contributed by atoms with van der Waals surface area (Å²) in [4.78, 5) is 0. The fourth-order valence-electron chi connectivity index (χ4n) is 2.78.